The summed E-state index contributed by atoms with van der Waals surface area (Å²) < 4.78 is 5.70. The molecule has 1 saturated heterocycles. The molecule has 3 heterocycles. The Balaban J connectivity index is 2.08. The summed E-state index contributed by atoms with van der Waals surface area (Å²) in [6, 6.07) is 0. The van der Waals surface area contributed by atoms with Crippen LogP contribution < -0.4 is 10.2 Å². The fourth-order valence-corrected chi connectivity index (χ4v) is 2.67. The Labute approximate surface area is 101 Å². The highest BCUT2D eigenvalue weighted by molar-refractivity contribution is 5.37. The minimum atomic E-state index is 0.0707. The first-order chi connectivity index (χ1) is 8.21. The van der Waals surface area contributed by atoms with Gasteiger partial charge in [0.05, 0.1) is 24.3 Å². The fourth-order valence-electron chi connectivity index (χ4n) is 2.67. The van der Waals surface area contributed by atoms with Crippen molar-refractivity contribution in [3.63, 3.8) is 0 Å². The zero-order chi connectivity index (χ0) is 11.9. The van der Waals surface area contributed by atoms with Crippen LogP contribution in [0.15, 0.2) is 6.20 Å². The van der Waals surface area contributed by atoms with Crippen molar-refractivity contribution in [2.75, 3.05) is 38.7 Å². The van der Waals surface area contributed by atoms with Crippen LogP contribution >= 0.6 is 0 Å². The summed E-state index contributed by atoms with van der Waals surface area (Å²) >= 11 is 0. The summed E-state index contributed by atoms with van der Waals surface area (Å²) in [6.07, 6.45) is 3.01. The van der Waals surface area contributed by atoms with Gasteiger partial charge in [-0.2, -0.15) is 0 Å². The monoisotopic (exact) mass is 234 g/mol. The van der Waals surface area contributed by atoms with Crippen molar-refractivity contribution in [2.45, 2.75) is 18.4 Å². The van der Waals surface area contributed by atoms with Crippen LogP contribution in [0.4, 0.5) is 5.95 Å². The van der Waals surface area contributed by atoms with E-state index >= 15 is 0 Å². The second-order valence-corrected chi connectivity index (χ2v) is 5.14. The van der Waals surface area contributed by atoms with E-state index < -0.39 is 0 Å². The van der Waals surface area contributed by atoms with E-state index in [9.17, 15) is 0 Å². The van der Waals surface area contributed by atoms with Gasteiger partial charge in [-0.3, -0.25) is 0 Å². The third-order valence-electron chi connectivity index (χ3n) is 3.63. The van der Waals surface area contributed by atoms with Crippen molar-refractivity contribution in [1.29, 1.82) is 0 Å². The van der Waals surface area contributed by atoms with Crippen molar-refractivity contribution < 1.29 is 4.74 Å². The maximum absolute atomic E-state index is 5.70. The van der Waals surface area contributed by atoms with Crippen LogP contribution in [0.5, 0.6) is 0 Å². The maximum Gasteiger partial charge on any atom is 0.225 e. The molecule has 5 heteroatoms. The number of hydrogen-bond donors (Lipinski definition) is 1. The van der Waals surface area contributed by atoms with Crippen LogP contribution in [-0.4, -0.2) is 43.8 Å². The minimum Gasteiger partial charge on any atom is -0.376 e. The first-order valence-electron chi connectivity index (χ1n) is 6.03. The van der Waals surface area contributed by atoms with Gasteiger partial charge in [0.2, 0.25) is 5.95 Å². The molecule has 0 amide bonds. The zero-order valence-electron chi connectivity index (χ0n) is 10.4. The number of fused-ring (bicyclic) bond motifs is 2. The molecule has 1 aromatic heterocycles. The summed E-state index contributed by atoms with van der Waals surface area (Å²) in [4.78, 5) is 11.1. The van der Waals surface area contributed by atoms with E-state index in [1.807, 2.05) is 25.2 Å². The van der Waals surface area contributed by atoms with E-state index in [4.69, 9.17) is 9.72 Å². The number of hydrogen-bond acceptors (Lipinski definition) is 5. The molecule has 1 atom stereocenters. The van der Waals surface area contributed by atoms with Gasteiger partial charge in [0.15, 0.2) is 0 Å². The molecule has 1 aromatic rings. The molecule has 2 aliphatic heterocycles. The highest BCUT2D eigenvalue weighted by atomic mass is 16.5. The molecule has 0 aromatic carbocycles. The maximum atomic E-state index is 5.70. The molecule has 5 nitrogen and oxygen atoms in total. The number of rotatable bonds is 1. The van der Waals surface area contributed by atoms with E-state index in [0.717, 1.165) is 37.6 Å². The van der Waals surface area contributed by atoms with Gasteiger partial charge in [0, 0.05) is 32.4 Å². The first kappa shape index (κ1) is 10.9. The summed E-state index contributed by atoms with van der Waals surface area (Å²) in [5.41, 5.74) is 2.40. The second kappa shape index (κ2) is 3.92. The number of nitrogens with one attached hydrogen (secondary N) is 1. The number of anilines is 1. The van der Waals surface area contributed by atoms with E-state index in [2.05, 4.69) is 10.3 Å². The lowest BCUT2D eigenvalue weighted by Gasteiger charge is -2.34. The standard InChI is InChI=1S/C12H18N4O/c1-16(2)11-14-5-9-6-17-8-12(10(9)15-11)3-4-13-7-12/h5,13H,3-4,6-8H2,1-2H3/t12-/m1/s1. The number of nitrogens with zero attached hydrogens (tertiary/aromatic N) is 3. The van der Waals surface area contributed by atoms with Gasteiger partial charge in [-0.25, -0.2) is 9.97 Å². The third-order valence-corrected chi connectivity index (χ3v) is 3.63. The Kier molecular flexibility index (Phi) is 2.52. The van der Waals surface area contributed by atoms with Crippen molar-refractivity contribution >= 4 is 5.95 Å². The average Bonchev–Trinajstić information content (AvgIpc) is 2.78. The SMILES string of the molecule is CN(C)c1ncc2c(n1)[C@@]1(CCNC1)COC2. The summed E-state index contributed by atoms with van der Waals surface area (Å²) in [7, 11) is 3.95. The molecule has 17 heavy (non-hydrogen) atoms. The largest absolute Gasteiger partial charge is 0.376 e. The van der Waals surface area contributed by atoms with Crippen LogP contribution in [0.25, 0.3) is 0 Å². The van der Waals surface area contributed by atoms with Crippen LogP contribution in [-0.2, 0) is 16.8 Å². The Hall–Kier alpha value is -1.20. The molecule has 3 rings (SSSR count). The summed E-state index contributed by atoms with van der Waals surface area (Å²) in [5.74, 6) is 0.789. The van der Waals surface area contributed by atoms with Crippen LogP contribution in [0.2, 0.25) is 0 Å². The van der Waals surface area contributed by atoms with Crippen LogP contribution in [0.3, 0.4) is 0 Å². The Morgan fingerprint density at radius 3 is 3.06 bits per heavy atom. The van der Waals surface area contributed by atoms with E-state index in [1.54, 1.807) is 0 Å². The van der Waals surface area contributed by atoms with Gasteiger partial charge in [-0.15, -0.1) is 0 Å². The quantitative estimate of drug-likeness (QED) is 0.757. The predicted octanol–water partition coefficient (Wildman–Crippen LogP) is 0.304. The Morgan fingerprint density at radius 2 is 2.35 bits per heavy atom. The molecule has 1 fully saturated rings. The van der Waals surface area contributed by atoms with Gasteiger partial charge < -0.3 is 15.0 Å². The topological polar surface area (TPSA) is 50.3 Å². The second-order valence-electron chi connectivity index (χ2n) is 5.14. The molecule has 0 radical (unpaired) electrons. The van der Waals surface area contributed by atoms with Gasteiger partial charge in [0.25, 0.3) is 0 Å². The number of ether oxygens (including phenoxy) is 1. The van der Waals surface area contributed by atoms with Crippen molar-refractivity contribution in [2.24, 2.45) is 0 Å². The van der Waals surface area contributed by atoms with Crippen LogP contribution in [0, 0.1) is 0 Å². The molecule has 92 valence electrons. The van der Waals surface area contributed by atoms with Crippen molar-refractivity contribution in [3.8, 4) is 0 Å². The zero-order valence-corrected chi connectivity index (χ0v) is 10.4. The molecule has 0 unspecified atom stereocenters. The lowest BCUT2D eigenvalue weighted by atomic mass is 9.81. The molecule has 0 bridgehead atoms. The molecular weight excluding hydrogens is 216 g/mol. The molecular formula is C12H18N4O. The first-order valence-corrected chi connectivity index (χ1v) is 6.03. The normalized spacial score (nSPS) is 27.2. The molecule has 1 N–H and O–H groups in total. The van der Waals surface area contributed by atoms with Gasteiger partial charge >= 0.3 is 0 Å². The van der Waals surface area contributed by atoms with Crippen molar-refractivity contribution in [3.05, 3.63) is 17.5 Å². The molecule has 0 saturated carbocycles. The van der Waals surface area contributed by atoms with Gasteiger partial charge in [-0.05, 0) is 13.0 Å². The third kappa shape index (κ3) is 1.70. The smallest absolute Gasteiger partial charge is 0.225 e. The molecule has 1 spiro atoms. The highest BCUT2D eigenvalue weighted by Crippen LogP contribution is 2.36. The molecule has 0 aliphatic carbocycles. The highest BCUT2D eigenvalue weighted by Gasteiger charge is 2.41. The molecule has 2 aliphatic rings. The summed E-state index contributed by atoms with van der Waals surface area (Å²) in [6.45, 7) is 3.43. The number of aromatic nitrogens is 2. The van der Waals surface area contributed by atoms with Gasteiger partial charge in [-0.1, -0.05) is 0 Å². The van der Waals surface area contributed by atoms with E-state index in [0.29, 0.717) is 6.61 Å². The van der Waals surface area contributed by atoms with E-state index in [-0.39, 0.29) is 5.41 Å². The summed E-state index contributed by atoms with van der Waals surface area (Å²) in [5, 5.41) is 3.42. The minimum absolute atomic E-state index is 0.0707. The predicted molar refractivity (Wildman–Crippen MR) is 65.2 cm³/mol. The van der Waals surface area contributed by atoms with E-state index in [1.165, 1.54) is 5.69 Å². The lowest BCUT2D eigenvalue weighted by molar-refractivity contribution is 0.0550. The lowest BCUT2D eigenvalue weighted by Crippen LogP contribution is -2.40. The Bertz CT molecular complexity index is 427. The fraction of sp³-hybridized carbons (Fsp3) is 0.667. The van der Waals surface area contributed by atoms with Crippen LogP contribution in [0.1, 0.15) is 17.7 Å². The average molecular weight is 234 g/mol. The van der Waals surface area contributed by atoms with Gasteiger partial charge in [0.1, 0.15) is 0 Å². The Morgan fingerprint density at radius 1 is 1.47 bits per heavy atom. The van der Waals surface area contributed by atoms with Crippen molar-refractivity contribution in [1.82, 2.24) is 15.3 Å².